The average molecular weight is 505 g/mol. The van der Waals surface area contributed by atoms with Gasteiger partial charge in [-0.1, -0.05) is 72.8 Å². The molecule has 0 aliphatic heterocycles. The number of para-hydroxylation sites is 4. The first-order chi connectivity index (χ1) is 18.7. The van der Waals surface area contributed by atoms with E-state index in [0.29, 0.717) is 0 Å². The maximum atomic E-state index is 13.4. The van der Waals surface area contributed by atoms with Crippen molar-refractivity contribution in [3.05, 3.63) is 121 Å². The highest BCUT2D eigenvalue weighted by molar-refractivity contribution is 6.00. The van der Waals surface area contributed by atoms with Crippen molar-refractivity contribution in [3.63, 3.8) is 0 Å². The first kappa shape index (κ1) is 25.1. The van der Waals surface area contributed by atoms with Crippen molar-refractivity contribution >= 4 is 34.8 Å². The van der Waals surface area contributed by atoms with Crippen LogP contribution in [0.25, 0.3) is 0 Å². The monoisotopic (exact) mass is 504 g/mol. The Hall–Kier alpha value is -4.58. The van der Waals surface area contributed by atoms with Gasteiger partial charge in [0.05, 0.1) is 22.7 Å². The molecule has 5 rings (SSSR count). The molecule has 1 fully saturated rings. The fourth-order valence-corrected chi connectivity index (χ4v) is 4.94. The average Bonchev–Trinajstić information content (AvgIpc) is 2.97. The Morgan fingerprint density at radius 2 is 0.684 bits per heavy atom. The summed E-state index contributed by atoms with van der Waals surface area (Å²) in [6.45, 7) is 0. The second kappa shape index (κ2) is 12.1. The molecule has 1 aliphatic rings. The molecule has 4 aromatic rings. The molecule has 0 radical (unpaired) electrons. The molecule has 2 N–H and O–H groups in total. The van der Waals surface area contributed by atoms with Crippen molar-refractivity contribution < 1.29 is 9.59 Å². The zero-order valence-electron chi connectivity index (χ0n) is 21.2. The summed E-state index contributed by atoms with van der Waals surface area (Å²) < 4.78 is 0. The van der Waals surface area contributed by atoms with Crippen LogP contribution in [0.5, 0.6) is 0 Å². The lowest BCUT2D eigenvalue weighted by molar-refractivity contribution is 0.229. The van der Waals surface area contributed by atoms with Gasteiger partial charge in [0.25, 0.3) is 0 Å². The van der Waals surface area contributed by atoms with Crippen LogP contribution in [-0.4, -0.2) is 24.1 Å². The van der Waals surface area contributed by atoms with Gasteiger partial charge in [-0.2, -0.15) is 0 Å². The molecular weight excluding hydrogens is 472 g/mol. The molecule has 0 saturated heterocycles. The highest BCUT2D eigenvalue weighted by Crippen LogP contribution is 2.28. The SMILES string of the molecule is O=C(NC1CCC(NC(=O)N(c2ccccc2)c2ccccc2)CC1)N(c1ccccc1)c1ccccc1. The van der Waals surface area contributed by atoms with Crippen molar-refractivity contribution in [2.75, 3.05) is 9.80 Å². The van der Waals surface area contributed by atoms with E-state index in [1.165, 1.54) is 0 Å². The summed E-state index contributed by atoms with van der Waals surface area (Å²) in [5.74, 6) is 0. The molecule has 1 saturated carbocycles. The number of urea groups is 2. The van der Waals surface area contributed by atoms with E-state index >= 15 is 0 Å². The lowest BCUT2D eigenvalue weighted by atomic mass is 9.91. The van der Waals surface area contributed by atoms with Crippen LogP contribution < -0.4 is 20.4 Å². The third kappa shape index (κ3) is 6.03. The topological polar surface area (TPSA) is 64.7 Å². The zero-order chi connectivity index (χ0) is 26.2. The van der Waals surface area contributed by atoms with Crippen LogP contribution in [0.3, 0.4) is 0 Å². The maximum Gasteiger partial charge on any atom is 0.326 e. The third-order valence-electron chi connectivity index (χ3n) is 6.85. The lowest BCUT2D eigenvalue weighted by Crippen LogP contribution is -2.49. The molecule has 4 amide bonds. The number of benzene rings is 4. The molecule has 0 spiro atoms. The minimum absolute atomic E-state index is 0.0462. The fourth-order valence-electron chi connectivity index (χ4n) is 4.94. The number of rotatable bonds is 6. The van der Waals surface area contributed by atoms with Crippen molar-refractivity contribution in [2.45, 2.75) is 37.8 Å². The summed E-state index contributed by atoms with van der Waals surface area (Å²) in [7, 11) is 0. The molecule has 0 heterocycles. The maximum absolute atomic E-state index is 13.4. The highest BCUT2D eigenvalue weighted by atomic mass is 16.2. The van der Waals surface area contributed by atoms with Crippen LogP contribution >= 0.6 is 0 Å². The van der Waals surface area contributed by atoms with Gasteiger partial charge in [-0.3, -0.25) is 9.80 Å². The molecule has 0 atom stereocenters. The van der Waals surface area contributed by atoms with E-state index in [1.807, 2.05) is 121 Å². The van der Waals surface area contributed by atoms with Gasteiger partial charge in [-0.05, 0) is 74.2 Å². The van der Waals surface area contributed by atoms with Gasteiger partial charge < -0.3 is 10.6 Å². The summed E-state index contributed by atoms with van der Waals surface area (Å²) in [4.78, 5) is 30.3. The van der Waals surface area contributed by atoms with E-state index in [1.54, 1.807) is 9.80 Å². The van der Waals surface area contributed by atoms with Gasteiger partial charge in [0.15, 0.2) is 0 Å². The highest BCUT2D eigenvalue weighted by Gasteiger charge is 2.28. The van der Waals surface area contributed by atoms with Gasteiger partial charge in [0.2, 0.25) is 0 Å². The third-order valence-corrected chi connectivity index (χ3v) is 6.85. The number of carbonyl (C=O) groups excluding carboxylic acids is 2. The molecule has 4 aromatic carbocycles. The summed E-state index contributed by atoms with van der Waals surface area (Å²) in [6.07, 6.45) is 3.19. The second-order valence-electron chi connectivity index (χ2n) is 9.46. The van der Waals surface area contributed by atoms with E-state index in [2.05, 4.69) is 10.6 Å². The summed E-state index contributed by atoms with van der Waals surface area (Å²) >= 11 is 0. The number of nitrogens with one attached hydrogen (secondary N) is 2. The van der Waals surface area contributed by atoms with Gasteiger partial charge in [-0.15, -0.1) is 0 Å². The Morgan fingerprint density at radius 3 is 0.921 bits per heavy atom. The normalized spacial score (nSPS) is 16.7. The largest absolute Gasteiger partial charge is 0.335 e. The molecule has 6 nitrogen and oxygen atoms in total. The fraction of sp³-hybridized carbons (Fsp3) is 0.188. The Labute approximate surface area is 223 Å². The molecule has 0 aromatic heterocycles. The van der Waals surface area contributed by atoms with Crippen molar-refractivity contribution in [1.29, 1.82) is 0 Å². The number of amides is 4. The van der Waals surface area contributed by atoms with Crippen LogP contribution in [0.4, 0.5) is 32.3 Å². The predicted molar refractivity (Wildman–Crippen MR) is 153 cm³/mol. The van der Waals surface area contributed by atoms with Gasteiger partial charge in [0, 0.05) is 12.1 Å². The quantitative estimate of drug-likeness (QED) is 0.287. The van der Waals surface area contributed by atoms with Crippen LogP contribution in [-0.2, 0) is 0 Å². The van der Waals surface area contributed by atoms with E-state index in [-0.39, 0.29) is 24.1 Å². The van der Waals surface area contributed by atoms with Crippen LogP contribution in [0.2, 0.25) is 0 Å². The minimum atomic E-state index is -0.144. The first-order valence-corrected chi connectivity index (χ1v) is 13.1. The minimum Gasteiger partial charge on any atom is -0.335 e. The van der Waals surface area contributed by atoms with E-state index in [9.17, 15) is 9.59 Å². The van der Waals surface area contributed by atoms with Gasteiger partial charge in [-0.25, -0.2) is 9.59 Å². The molecule has 1 aliphatic carbocycles. The van der Waals surface area contributed by atoms with Crippen molar-refractivity contribution in [1.82, 2.24) is 10.6 Å². The Kier molecular flexibility index (Phi) is 7.99. The number of hydrogen-bond donors (Lipinski definition) is 2. The molecular formula is C32H32N4O2. The van der Waals surface area contributed by atoms with E-state index < -0.39 is 0 Å². The lowest BCUT2D eigenvalue weighted by Gasteiger charge is -2.33. The molecule has 192 valence electrons. The molecule has 6 heteroatoms. The number of hydrogen-bond acceptors (Lipinski definition) is 2. The van der Waals surface area contributed by atoms with Crippen LogP contribution in [0.15, 0.2) is 121 Å². The number of carbonyl (C=O) groups is 2. The molecule has 38 heavy (non-hydrogen) atoms. The summed E-state index contributed by atoms with van der Waals surface area (Å²) in [6, 6.07) is 38.5. The van der Waals surface area contributed by atoms with E-state index in [0.717, 1.165) is 48.4 Å². The van der Waals surface area contributed by atoms with Crippen LogP contribution in [0.1, 0.15) is 25.7 Å². The smallest absolute Gasteiger partial charge is 0.326 e. The number of nitrogens with zero attached hydrogens (tertiary/aromatic N) is 2. The zero-order valence-corrected chi connectivity index (χ0v) is 21.2. The second-order valence-corrected chi connectivity index (χ2v) is 9.46. The summed E-state index contributed by atoms with van der Waals surface area (Å²) in [5.41, 5.74) is 3.27. The van der Waals surface area contributed by atoms with Gasteiger partial charge >= 0.3 is 12.1 Å². The van der Waals surface area contributed by atoms with Gasteiger partial charge in [0.1, 0.15) is 0 Å². The van der Waals surface area contributed by atoms with Crippen LogP contribution in [0, 0.1) is 0 Å². The predicted octanol–water partition coefficient (Wildman–Crippen LogP) is 7.39. The Bertz CT molecular complexity index is 1120. The summed E-state index contributed by atoms with van der Waals surface area (Å²) in [5, 5.41) is 6.46. The Morgan fingerprint density at radius 1 is 0.447 bits per heavy atom. The first-order valence-electron chi connectivity index (χ1n) is 13.1. The standard InChI is InChI=1S/C32H32N4O2/c37-31(35(27-13-5-1-6-14-27)28-15-7-2-8-16-28)33-25-21-23-26(24-22-25)34-32(38)36(29-17-9-3-10-18-29)30-19-11-4-12-20-30/h1-20,25-26H,21-24H2,(H,33,37)(H,34,38). The van der Waals surface area contributed by atoms with Crippen molar-refractivity contribution in [2.24, 2.45) is 0 Å². The Balaban J connectivity index is 1.21. The number of anilines is 4. The molecule has 0 unspecified atom stereocenters. The van der Waals surface area contributed by atoms with E-state index in [4.69, 9.17) is 0 Å². The van der Waals surface area contributed by atoms with Crippen molar-refractivity contribution in [3.8, 4) is 0 Å². The molecule has 0 bridgehead atoms.